The molecule has 0 saturated carbocycles. The highest BCUT2D eigenvalue weighted by Crippen LogP contribution is 2.26. The Kier molecular flexibility index (Phi) is 8.53. The van der Waals surface area contributed by atoms with Gasteiger partial charge < -0.3 is 24.8 Å². The summed E-state index contributed by atoms with van der Waals surface area (Å²) in [5.74, 6) is -1.04. The molecule has 0 aliphatic carbocycles. The topological polar surface area (TPSA) is 113 Å². The van der Waals surface area contributed by atoms with Crippen LogP contribution in [-0.4, -0.2) is 39.5 Å². The monoisotopic (exact) mass is 416 g/mol. The van der Waals surface area contributed by atoms with Gasteiger partial charge in [-0.1, -0.05) is 18.2 Å². The smallest absolute Gasteiger partial charge is 0.302 e. The Hall–Kier alpha value is -3.22. The molecule has 3 N–H and O–H groups in total. The average Bonchev–Trinajstić information content (AvgIpc) is 2.67. The van der Waals surface area contributed by atoms with Crippen molar-refractivity contribution in [1.82, 2.24) is 0 Å². The van der Waals surface area contributed by atoms with Gasteiger partial charge >= 0.3 is 11.9 Å². The van der Waals surface area contributed by atoms with Crippen LogP contribution in [0.4, 0.5) is 0 Å². The van der Waals surface area contributed by atoms with Gasteiger partial charge in [-0.2, -0.15) is 0 Å². The van der Waals surface area contributed by atoms with Gasteiger partial charge in [-0.25, -0.2) is 0 Å². The van der Waals surface area contributed by atoms with E-state index in [4.69, 9.17) is 9.47 Å². The number of carbonyl (C=O) groups excluding carboxylic acids is 2. The Morgan fingerprint density at radius 1 is 0.767 bits per heavy atom. The van der Waals surface area contributed by atoms with E-state index < -0.39 is 24.1 Å². The van der Waals surface area contributed by atoms with Gasteiger partial charge in [-0.3, -0.25) is 9.59 Å². The van der Waals surface area contributed by atoms with Crippen LogP contribution in [0, 0.1) is 0 Å². The molecule has 30 heavy (non-hydrogen) atoms. The number of aromatic hydroxyl groups is 3. The Balaban J connectivity index is 2.01. The number of ether oxygens (including phenoxy) is 2. The zero-order valence-electron chi connectivity index (χ0n) is 17.2. The van der Waals surface area contributed by atoms with Crippen LogP contribution in [0.1, 0.15) is 44.2 Å². The van der Waals surface area contributed by atoms with Gasteiger partial charge in [0, 0.05) is 20.3 Å². The number of aryl methyl sites for hydroxylation is 2. The second-order valence-electron chi connectivity index (χ2n) is 7.27. The summed E-state index contributed by atoms with van der Waals surface area (Å²) in [6.07, 6.45) is 1.61. The van der Waals surface area contributed by atoms with Crippen molar-refractivity contribution in [1.29, 1.82) is 0 Å². The molecule has 0 spiro atoms. The van der Waals surface area contributed by atoms with E-state index >= 15 is 0 Å². The van der Waals surface area contributed by atoms with E-state index in [1.54, 1.807) is 30.3 Å². The third-order valence-corrected chi connectivity index (χ3v) is 4.68. The van der Waals surface area contributed by atoms with Crippen LogP contribution in [-0.2, 0) is 31.9 Å². The fourth-order valence-electron chi connectivity index (χ4n) is 3.25. The first-order valence-electron chi connectivity index (χ1n) is 9.86. The first-order valence-corrected chi connectivity index (χ1v) is 9.86. The molecule has 0 aliphatic rings. The van der Waals surface area contributed by atoms with Crippen LogP contribution in [0.15, 0.2) is 42.5 Å². The molecule has 0 fully saturated rings. The molecule has 2 aromatic carbocycles. The summed E-state index contributed by atoms with van der Waals surface area (Å²) in [4.78, 5) is 23.1. The third kappa shape index (κ3) is 8.03. The number of hydrogen-bond donors (Lipinski definition) is 3. The zero-order valence-corrected chi connectivity index (χ0v) is 17.2. The first kappa shape index (κ1) is 23.1. The third-order valence-electron chi connectivity index (χ3n) is 4.68. The highest BCUT2D eigenvalue weighted by molar-refractivity contribution is 5.66. The number of rotatable bonds is 10. The van der Waals surface area contributed by atoms with Gasteiger partial charge in [0.1, 0.15) is 18.0 Å². The van der Waals surface area contributed by atoms with Gasteiger partial charge in [0.05, 0.1) is 0 Å². The SMILES string of the molecule is CC(=O)O[C@H](CCc1ccc(O)c(O)c1)C[C@H](CCc1ccc(O)cc1)OC(C)=O. The first-order chi connectivity index (χ1) is 14.2. The Morgan fingerprint density at radius 3 is 1.77 bits per heavy atom. The van der Waals surface area contributed by atoms with E-state index in [1.807, 2.05) is 0 Å². The van der Waals surface area contributed by atoms with Crippen LogP contribution in [0.25, 0.3) is 0 Å². The molecule has 0 heterocycles. The Morgan fingerprint density at radius 2 is 1.27 bits per heavy atom. The van der Waals surface area contributed by atoms with Crippen LogP contribution < -0.4 is 0 Å². The minimum absolute atomic E-state index is 0.186. The summed E-state index contributed by atoms with van der Waals surface area (Å²) >= 11 is 0. The van der Waals surface area contributed by atoms with Gasteiger partial charge in [-0.05, 0) is 61.1 Å². The van der Waals surface area contributed by atoms with Crippen LogP contribution in [0.3, 0.4) is 0 Å². The maximum Gasteiger partial charge on any atom is 0.302 e. The predicted molar refractivity (Wildman–Crippen MR) is 110 cm³/mol. The standard InChI is InChI=1S/C23H28O7/c1-15(24)29-20(10-5-17-3-8-19(26)9-4-17)14-21(30-16(2)25)11-6-18-7-12-22(27)23(28)13-18/h3-4,7-9,12-13,20-21,26-28H,5-6,10-11,14H2,1-2H3/t20-,21+/m0/s1. The van der Waals surface area contributed by atoms with Crippen molar-refractivity contribution in [2.45, 2.75) is 58.2 Å². The highest BCUT2D eigenvalue weighted by atomic mass is 16.6. The molecule has 0 saturated heterocycles. The number of hydrogen-bond acceptors (Lipinski definition) is 7. The van der Waals surface area contributed by atoms with E-state index in [1.165, 1.54) is 26.0 Å². The summed E-state index contributed by atoms with van der Waals surface area (Å²) in [6, 6.07) is 11.4. The summed E-state index contributed by atoms with van der Waals surface area (Å²) in [5.41, 5.74) is 1.78. The second kappa shape index (κ2) is 11.1. The molecule has 7 heteroatoms. The second-order valence-corrected chi connectivity index (χ2v) is 7.27. The average molecular weight is 416 g/mol. The fourth-order valence-corrected chi connectivity index (χ4v) is 3.25. The quantitative estimate of drug-likeness (QED) is 0.400. The lowest BCUT2D eigenvalue weighted by Gasteiger charge is -2.23. The Labute approximate surface area is 175 Å². The highest BCUT2D eigenvalue weighted by Gasteiger charge is 2.22. The van der Waals surface area contributed by atoms with Crippen LogP contribution >= 0.6 is 0 Å². The number of phenolic OH excluding ortho intramolecular Hbond substituents is 3. The fraction of sp³-hybridized carbons (Fsp3) is 0.391. The molecule has 2 atom stereocenters. The van der Waals surface area contributed by atoms with Gasteiger partial charge in [0.25, 0.3) is 0 Å². The van der Waals surface area contributed by atoms with E-state index in [9.17, 15) is 24.9 Å². The lowest BCUT2D eigenvalue weighted by Crippen LogP contribution is -2.27. The molecule has 0 unspecified atom stereocenters. The van der Waals surface area contributed by atoms with Crippen molar-refractivity contribution >= 4 is 11.9 Å². The van der Waals surface area contributed by atoms with E-state index in [0.717, 1.165) is 11.1 Å². The molecule has 2 rings (SSSR count). The Bertz CT molecular complexity index is 845. The number of benzene rings is 2. The van der Waals surface area contributed by atoms with Crippen molar-refractivity contribution in [2.75, 3.05) is 0 Å². The minimum Gasteiger partial charge on any atom is -0.508 e. The van der Waals surface area contributed by atoms with Crippen molar-refractivity contribution in [3.63, 3.8) is 0 Å². The summed E-state index contributed by atoms with van der Waals surface area (Å²) in [6.45, 7) is 2.67. The summed E-state index contributed by atoms with van der Waals surface area (Å²) in [7, 11) is 0. The molecule has 0 radical (unpaired) electrons. The van der Waals surface area contributed by atoms with Crippen LogP contribution in [0.5, 0.6) is 17.2 Å². The zero-order chi connectivity index (χ0) is 22.1. The lowest BCUT2D eigenvalue weighted by atomic mass is 9.98. The summed E-state index contributed by atoms with van der Waals surface area (Å²) < 4.78 is 10.9. The van der Waals surface area contributed by atoms with Crippen molar-refractivity contribution in [2.24, 2.45) is 0 Å². The van der Waals surface area contributed by atoms with Crippen molar-refractivity contribution in [3.05, 3.63) is 53.6 Å². The van der Waals surface area contributed by atoms with Crippen molar-refractivity contribution in [3.8, 4) is 17.2 Å². The molecule has 0 aliphatic heterocycles. The molecule has 2 aromatic rings. The van der Waals surface area contributed by atoms with Gasteiger partial charge in [0.15, 0.2) is 11.5 Å². The lowest BCUT2D eigenvalue weighted by molar-refractivity contribution is -0.153. The number of phenols is 3. The van der Waals surface area contributed by atoms with E-state index in [2.05, 4.69) is 0 Å². The van der Waals surface area contributed by atoms with Crippen molar-refractivity contribution < 1.29 is 34.4 Å². The van der Waals surface area contributed by atoms with Crippen LogP contribution in [0.2, 0.25) is 0 Å². The van der Waals surface area contributed by atoms with E-state index in [-0.39, 0.29) is 17.2 Å². The maximum absolute atomic E-state index is 11.6. The maximum atomic E-state index is 11.6. The largest absolute Gasteiger partial charge is 0.508 e. The van der Waals surface area contributed by atoms with E-state index in [0.29, 0.717) is 32.1 Å². The molecule has 0 bridgehead atoms. The molecule has 0 amide bonds. The normalized spacial score (nSPS) is 12.7. The molecular weight excluding hydrogens is 388 g/mol. The summed E-state index contributed by atoms with van der Waals surface area (Å²) in [5, 5.41) is 28.5. The predicted octanol–water partition coefficient (Wildman–Crippen LogP) is 3.62. The molecule has 7 nitrogen and oxygen atoms in total. The molecule has 0 aromatic heterocycles. The number of carbonyl (C=O) groups is 2. The minimum atomic E-state index is -0.470. The molecular formula is C23H28O7. The molecule has 162 valence electrons. The van der Waals surface area contributed by atoms with Gasteiger partial charge in [0.2, 0.25) is 0 Å². The van der Waals surface area contributed by atoms with Gasteiger partial charge in [-0.15, -0.1) is 0 Å². The number of esters is 2.